The highest BCUT2D eigenvalue weighted by atomic mass is 35.5. The van der Waals surface area contributed by atoms with Gasteiger partial charge in [-0.25, -0.2) is 0 Å². The van der Waals surface area contributed by atoms with E-state index in [1.54, 1.807) is 0 Å². The zero-order valence-corrected chi connectivity index (χ0v) is 10.9. The summed E-state index contributed by atoms with van der Waals surface area (Å²) in [5.74, 6) is 0. The minimum atomic E-state index is 0.746. The van der Waals surface area contributed by atoms with Crippen molar-refractivity contribution < 1.29 is 0 Å². The predicted molar refractivity (Wildman–Crippen MR) is 75.9 cm³/mol. The van der Waals surface area contributed by atoms with Crippen LogP contribution in [0.4, 0.5) is 0 Å². The molecular weight excluding hydrogens is 244 g/mol. The van der Waals surface area contributed by atoms with Gasteiger partial charge in [0.25, 0.3) is 0 Å². The van der Waals surface area contributed by atoms with E-state index in [1.807, 2.05) is 41.1 Å². The van der Waals surface area contributed by atoms with Crippen LogP contribution in [0.25, 0.3) is 22.2 Å². The number of fused-ring (bicyclic) bond motifs is 1. The highest BCUT2D eigenvalue weighted by Gasteiger charge is 2.11. The van der Waals surface area contributed by atoms with Crippen molar-refractivity contribution in [1.29, 1.82) is 0 Å². The second-order valence-electron chi connectivity index (χ2n) is 4.19. The van der Waals surface area contributed by atoms with Crippen LogP contribution in [0.3, 0.4) is 0 Å². The van der Waals surface area contributed by atoms with E-state index in [1.165, 1.54) is 0 Å². The normalized spacial score (nSPS) is 11.0. The number of hydrogen-bond acceptors (Lipinski definition) is 1. The van der Waals surface area contributed by atoms with Crippen molar-refractivity contribution in [1.82, 2.24) is 9.78 Å². The maximum absolute atomic E-state index is 6.09. The molecule has 0 radical (unpaired) electrons. The lowest BCUT2D eigenvalue weighted by Gasteiger charge is -1.97. The summed E-state index contributed by atoms with van der Waals surface area (Å²) in [6, 6.07) is 16.1. The monoisotopic (exact) mass is 256 g/mol. The van der Waals surface area contributed by atoms with Crippen LogP contribution >= 0.6 is 11.6 Å². The summed E-state index contributed by atoms with van der Waals surface area (Å²) in [6.45, 7) is 2.95. The van der Waals surface area contributed by atoms with Crippen LogP contribution in [0.1, 0.15) is 6.92 Å². The second-order valence-corrected chi connectivity index (χ2v) is 4.63. The van der Waals surface area contributed by atoms with Crippen LogP contribution in [0.2, 0.25) is 5.02 Å². The molecule has 3 rings (SSSR count). The van der Waals surface area contributed by atoms with E-state index in [2.05, 4.69) is 24.2 Å². The Bertz CT molecular complexity index is 686. The Labute approximate surface area is 111 Å². The third-order valence-corrected chi connectivity index (χ3v) is 3.29. The SMILES string of the molecule is CCn1nc(-c2ccccc2)c2cc(Cl)ccc21. The number of halogens is 1. The molecule has 0 spiro atoms. The molecule has 0 saturated heterocycles. The van der Waals surface area contributed by atoms with Gasteiger partial charge in [-0.1, -0.05) is 41.9 Å². The van der Waals surface area contributed by atoms with Crippen molar-refractivity contribution in [3.63, 3.8) is 0 Å². The van der Waals surface area contributed by atoms with Gasteiger partial charge in [0.2, 0.25) is 0 Å². The summed E-state index contributed by atoms with van der Waals surface area (Å²) >= 11 is 6.09. The number of nitrogens with zero attached hydrogens (tertiary/aromatic N) is 2. The maximum Gasteiger partial charge on any atom is 0.100 e. The summed E-state index contributed by atoms with van der Waals surface area (Å²) in [7, 11) is 0. The van der Waals surface area contributed by atoms with E-state index in [0.29, 0.717) is 0 Å². The van der Waals surface area contributed by atoms with E-state index in [9.17, 15) is 0 Å². The fourth-order valence-electron chi connectivity index (χ4n) is 2.20. The zero-order valence-electron chi connectivity index (χ0n) is 10.1. The molecule has 0 fully saturated rings. The molecule has 2 nitrogen and oxygen atoms in total. The fourth-order valence-corrected chi connectivity index (χ4v) is 2.37. The largest absolute Gasteiger partial charge is 0.265 e. The second kappa shape index (κ2) is 4.46. The molecule has 0 atom stereocenters. The molecule has 0 bridgehead atoms. The van der Waals surface area contributed by atoms with E-state index in [-0.39, 0.29) is 0 Å². The van der Waals surface area contributed by atoms with Crippen LogP contribution in [0, 0.1) is 0 Å². The molecule has 2 aromatic carbocycles. The van der Waals surface area contributed by atoms with E-state index >= 15 is 0 Å². The van der Waals surface area contributed by atoms with Crippen LogP contribution in [-0.2, 0) is 6.54 Å². The van der Waals surface area contributed by atoms with Crippen molar-refractivity contribution in [2.45, 2.75) is 13.5 Å². The molecule has 1 aromatic heterocycles. The van der Waals surface area contributed by atoms with Gasteiger partial charge in [0.05, 0.1) is 5.52 Å². The minimum absolute atomic E-state index is 0.746. The van der Waals surface area contributed by atoms with Gasteiger partial charge in [-0.05, 0) is 25.1 Å². The summed E-state index contributed by atoms with van der Waals surface area (Å²) < 4.78 is 2.01. The van der Waals surface area contributed by atoms with Gasteiger partial charge < -0.3 is 0 Å². The van der Waals surface area contributed by atoms with Crippen molar-refractivity contribution in [2.24, 2.45) is 0 Å². The molecule has 0 aliphatic heterocycles. The summed E-state index contributed by atoms with van der Waals surface area (Å²) in [5, 5.41) is 6.53. The fraction of sp³-hybridized carbons (Fsp3) is 0.133. The molecule has 0 N–H and O–H groups in total. The van der Waals surface area contributed by atoms with E-state index in [0.717, 1.165) is 33.7 Å². The number of aromatic nitrogens is 2. The van der Waals surface area contributed by atoms with Crippen molar-refractivity contribution in [2.75, 3.05) is 0 Å². The van der Waals surface area contributed by atoms with Crippen LogP contribution in [0.15, 0.2) is 48.5 Å². The Morgan fingerprint density at radius 2 is 1.89 bits per heavy atom. The molecule has 0 amide bonds. The highest BCUT2D eigenvalue weighted by Crippen LogP contribution is 2.29. The molecule has 0 aliphatic rings. The number of benzene rings is 2. The molecule has 0 aliphatic carbocycles. The van der Waals surface area contributed by atoms with Crippen LogP contribution < -0.4 is 0 Å². The molecule has 3 aromatic rings. The van der Waals surface area contributed by atoms with Gasteiger partial charge in [-0.2, -0.15) is 5.10 Å². The van der Waals surface area contributed by atoms with Crippen LogP contribution in [-0.4, -0.2) is 9.78 Å². The quantitative estimate of drug-likeness (QED) is 0.665. The molecule has 0 unspecified atom stereocenters. The average molecular weight is 257 g/mol. The van der Waals surface area contributed by atoms with Gasteiger partial charge in [-0.15, -0.1) is 0 Å². The van der Waals surface area contributed by atoms with E-state index < -0.39 is 0 Å². The molecule has 90 valence electrons. The Morgan fingerprint density at radius 1 is 1.11 bits per heavy atom. The number of rotatable bonds is 2. The molecular formula is C15H13ClN2. The van der Waals surface area contributed by atoms with Gasteiger partial charge in [0.15, 0.2) is 0 Å². The van der Waals surface area contributed by atoms with Crippen molar-refractivity contribution in [3.8, 4) is 11.3 Å². The number of aryl methyl sites for hydroxylation is 1. The number of hydrogen-bond donors (Lipinski definition) is 0. The standard InChI is InChI=1S/C15H13ClN2/c1-2-18-14-9-8-12(16)10-13(14)15(17-18)11-6-4-3-5-7-11/h3-10H,2H2,1H3. The zero-order chi connectivity index (χ0) is 12.5. The summed E-state index contributed by atoms with van der Waals surface area (Å²) in [5.41, 5.74) is 3.24. The Balaban J connectivity index is 2.32. The van der Waals surface area contributed by atoms with Gasteiger partial charge in [0, 0.05) is 22.5 Å². The lowest BCUT2D eigenvalue weighted by Crippen LogP contribution is -1.95. The van der Waals surface area contributed by atoms with Crippen molar-refractivity contribution >= 4 is 22.5 Å². The van der Waals surface area contributed by atoms with E-state index in [4.69, 9.17) is 11.6 Å². The molecule has 1 heterocycles. The smallest absolute Gasteiger partial charge is 0.100 e. The van der Waals surface area contributed by atoms with Crippen LogP contribution in [0.5, 0.6) is 0 Å². The van der Waals surface area contributed by atoms with Crippen molar-refractivity contribution in [3.05, 3.63) is 53.6 Å². The van der Waals surface area contributed by atoms with Gasteiger partial charge in [-0.3, -0.25) is 4.68 Å². The summed E-state index contributed by atoms with van der Waals surface area (Å²) in [6.07, 6.45) is 0. The first-order chi connectivity index (χ1) is 8.79. The first-order valence-electron chi connectivity index (χ1n) is 6.01. The maximum atomic E-state index is 6.09. The molecule has 0 saturated carbocycles. The van der Waals surface area contributed by atoms with Gasteiger partial charge >= 0.3 is 0 Å². The lowest BCUT2D eigenvalue weighted by molar-refractivity contribution is 0.686. The molecule has 18 heavy (non-hydrogen) atoms. The average Bonchev–Trinajstić information content (AvgIpc) is 2.77. The lowest BCUT2D eigenvalue weighted by atomic mass is 10.1. The Morgan fingerprint density at radius 3 is 2.61 bits per heavy atom. The Hall–Kier alpha value is -1.80. The molecule has 3 heteroatoms. The third kappa shape index (κ3) is 1.79. The minimum Gasteiger partial charge on any atom is -0.265 e. The third-order valence-electron chi connectivity index (χ3n) is 3.06. The summed E-state index contributed by atoms with van der Waals surface area (Å²) in [4.78, 5) is 0. The van der Waals surface area contributed by atoms with Gasteiger partial charge in [0.1, 0.15) is 5.69 Å². The highest BCUT2D eigenvalue weighted by molar-refractivity contribution is 6.31. The first-order valence-corrected chi connectivity index (χ1v) is 6.39. The predicted octanol–water partition coefficient (Wildman–Crippen LogP) is 4.38. The first kappa shape index (κ1) is 11.3. The Kier molecular flexibility index (Phi) is 2.80. The topological polar surface area (TPSA) is 17.8 Å².